The molecule has 0 fully saturated rings. The van der Waals surface area contributed by atoms with Crippen LogP contribution in [0.25, 0.3) is 0 Å². The standard InChI is InChI=1S/C15H20N4/c1-12-8-15(13(9-16-2)10-18-12)19(3)11-14-6-4-5-7-17-14/h4-8,10,16H,9,11H2,1-3H3. The van der Waals surface area contributed by atoms with E-state index in [-0.39, 0.29) is 0 Å². The van der Waals surface area contributed by atoms with Gasteiger partial charge in [-0.3, -0.25) is 9.97 Å². The van der Waals surface area contributed by atoms with Crippen molar-refractivity contribution in [3.63, 3.8) is 0 Å². The molecule has 0 amide bonds. The van der Waals surface area contributed by atoms with Crippen LogP contribution in [-0.4, -0.2) is 24.1 Å². The van der Waals surface area contributed by atoms with E-state index in [0.717, 1.165) is 24.5 Å². The molecule has 0 saturated carbocycles. The second-order valence-corrected chi connectivity index (χ2v) is 4.66. The number of aryl methyl sites for hydroxylation is 1. The van der Waals surface area contributed by atoms with Crippen LogP contribution in [0, 0.1) is 6.92 Å². The number of rotatable bonds is 5. The molecule has 0 saturated heterocycles. The second kappa shape index (κ2) is 6.29. The van der Waals surface area contributed by atoms with Crippen molar-refractivity contribution in [3.8, 4) is 0 Å². The SMILES string of the molecule is CNCc1cnc(C)cc1N(C)Cc1ccccn1. The number of aromatic nitrogens is 2. The van der Waals surface area contributed by atoms with E-state index in [1.165, 1.54) is 11.3 Å². The Morgan fingerprint density at radius 3 is 2.79 bits per heavy atom. The molecule has 1 N–H and O–H groups in total. The van der Waals surface area contributed by atoms with Gasteiger partial charge in [-0.25, -0.2) is 0 Å². The van der Waals surface area contributed by atoms with Crippen LogP contribution in [0.4, 0.5) is 5.69 Å². The van der Waals surface area contributed by atoms with Crippen LogP contribution >= 0.6 is 0 Å². The summed E-state index contributed by atoms with van der Waals surface area (Å²) in [4.78, 5) is 10.9. The van der Waals surface area contributed by atoms with E-state index in [1.54, 1.807) is 0 Å². The monoisotopic (exact) mass is 256 g/mol. The Morgan fingerprint density at radius 1 is 1.26 bits per heavy atom. The minimum atomic E-state index is 0.793. The predicted molar refractivity (Wildman–Crippen MR) is 78.1 cm³/mol. The first kappa shape index (κ1) is 13.5. The first-order chi connectivity index (χ1) is 9.20. The summed E-state index contributed by atoms with van der Waals surface area (Å²) in [5, 5.41) is 3.18. The first-order valence-electron chi connectivity index (χ1n) is 6.42. The summed E-state index contributed by atoms with van der Waals surface area (Å²) in [6.45, 7) is 3.62. The fourth-order valence-electron chi connectivity index (χ4n) is 2.08. The molecular weight excluding hydrogens is 236 g/mol. The van der Waals surface area contributed by atoms with E-state index in [9.17, 15) is 0 Å². The van der Waals surface area contributed by atoms with Crippen molar-refractivity contribution in [2.24, 2.45) is 0 Å². The summed E-state index contributed by atoms with van der Waals surface area (Å²) in [7, 11) is 4.03. The molecule has 4 heteroatoms. The van der Waals surface area contributed by atoms with Gasteiger partial charge in [-0.1, -0.05) is 6.07 Å². The molecule has 0 aromatic carbocycles. The zero-order chi connectivity index (χ0) is 13.7. The van der Waals surface area contributed by atoms with Crippen LogP contribution < -0.4 is 10.2 Å². The maximum Gasteiger partial charge on any atom is 0.0598 e. The highest BCUT2D eigenvalue weighted by molar-refractivity contribution is 5.53. The van der Waals surface area contributed by atoms with Crippen molar-refractivity contribution in [2.45, 2.75) is 20.0 Å². The Morgan fingerprint density at radius 2 is 2.11 bits per heavy atom. The number of nitrogens with zero attached hydrogens (tertiary/aromatic N) is 3. The lowest BCUT2D eigenvalue weighted by molar-refractivity contribution is 0.795. The van der Waals surface area contributed by atoms with Gasteiger partial charge in [-0.05, 0) is 32.2 Å². The molecule has 0 atom stereocenters. The summed E-state index contributed by atoms with van der Waals surface area (Å²) >= 11 is 0. The largest absolute Gasteiger partial charge is 0.368 e. The third kappa shape index (κ3) is 3.51. The van der Waals surface area contributed by atoms with E-state index in [4.69, 9.17) is 0 Å². The average Bonchev–Trinajstić information content (AvgIpc) is 2.42. The zero-order valence-corrected chi connectivity index (χ0v) is 11.7. The highest BCUT2D eigenvalue weighted by Crippen LogP contribution is 2.21. The van der Waals surface area contributed by atoms with Crippen molar-refractivity contribution in [3.05, 3.63) is 53.6 Å². The normalized spacial score (nSPS) is 10.5. The number of hydrogen-bond donors (Lipinski definition) is 1. The number of pyridine rings is 2. The lowest BCUT2D eigenvalue weighted by Gasteiger charge is -2.22. The molecule has 0 unspecified atom stereocenters. The molecule has 2 aromatic heterocycles. The Bertz CT molecular complexity index is 525. The molecule has 2 heterocycles. The first-order valence-corrected chi connectivity index (χ1v) is 6.42. The van der Waals surface area contributed by atoms with E-state index in [2.05, 4.69) is 33.3 Å². The molecule has 0 bridgehead atoms. The number of nitrogens with one attached hydrogen (secondary N) is 1. The van der Waals surface area contributed by atoms with Crippen LogP contribution in [-0.2, 0) is 13.1 Å². The van der Waals surface area contributed by atoms with Gasteiger partial charge >= 0.3 is 0 Å². The summed E-state index contributed by atoms with van der Waals surface area (Å²) < 4.78 is 0. The summed E-state index contributed by atoms with van der Waals surface area (Å²) in [6.07, 6.45) is 3.77. The minimum absolute atomic E-state index is 0.793. The molecule has 0 aliphatic carbocycles. The summed E-state index contributed by atoms with van der Waals surface area (Å²) in [5.41, 5.74) is 4.50. The van der Waals surface area contributed by atoms with Gasteiger partial charge in [0.25, 0.3) is 0 Å². The number of hydrogen-bond acceptors (Lipinski definition) is 4. The Hall–Kier alpha value is -1.94. The topological polar surface area (TPSA) is 41.1 Å². The molecule has 100 valence electrons. The molecule has 0 aliphatic rings. The van der Waals surface area contributed by atoms with Gasteiger partial charge in [-0.15, -0.1) is 0 Å². The van der Waals surface area contributed by atoms with E-state index in [0.29, 0.717) is 0 Å². The smallest absolute Gasteiger partial charge is 0.0598 e. The average molecular weight is 256 g/mol. The van der Waals surface area contributed by atoms with Crippen molar-refractivity contribution < 1.29 is 0 Å². The predicted octanol–water partition coefficient (Wildman–Crippen LogP) is 2.14. The fourth-order valence-corrected chi connectivity index (χ4v) is 2.08. The molecule has 4 nitrogen and oxygen atoms in total. The highest BCUT2D eigenvalue weighted by Gasteiger charge is 2.09. The molecular formula is C15H20N4. The van der Waals surface area contributed by atoms with Crippen molar-refractivity contribution in [1.29, 1.82) is 0 Å². The summed E-state index contributed by atoms with van der Waals surface area (Å²) in [5.74, 6) is 0. The van der Waals surface area contributed by atoms with E-state index in [1.807, 2.05) is 44.6 Å². The molecule has 0 radical (unpaired) electrons. The van der Waals surface area contributed by atoms with Crippen molar-refractivity contribution in [1.82, 2.24) is 15.3 Å². The molecule has 0 aliphatic heterocycles. The third-order valence-corrected chi connectivity index (χ3v) is 3.00. The lowest BCUT2D eigenvalue weighted by atomic mass is 10.2. The quantitative estimate of drug-likeness (QED) is 0.890. The van der Waals surface area contributed by atoms with Gasteiger partial charge in [0.2, 0.25) is 0 Å². The lowest BCUT2D eigenvalue weighted by Crippen LogP contribution is -2.20. The van der Waals surface area contributed by atoms with Gasteiger partial charge in [0.15, 0.2) is 0 Å². The van der Waals surface area contributed by atoms with E-state index >= 15 is 0 Å². The Kier molecular flexibility index (Phi) is 4.47. The van der Waals surface area contributed by atoms with Gasteiger partial charge in [-0.2, -0.15) is 0 Å². The van der Waals surface area contributed by atoms with E-state index < -0.39 is 0 Å². The zero-order valence-electron chi connectivity index (χ0n) is 11.7. The Balaban J connectivity index is 2.22. The molecule has 19 heavy (non-hydrogen) atoms. The third-order valence-electron chi connectivity index (χ3n) is 3.00. The summed E-state index contributed by atoms with van der Waals surface area (Å²) in [6, 6.07) is 8.12. The van der Waals surface area contributed by atoms with Crippen LogP contribution in [0.3, 0.4) is 0 Å². The van der Waals surface area contributed by atoms with Gasteiger partial charge in [0.05, 0.1) is 12.2 Å². The van der Waals surface area contributed by atoms with Gasteiger partial charge in [0.1, 0.15) is 0 Å². The van der Waals surface area contributed by atoms with Crippen LogP contribution in [0.2, 0.25) is 0 Å². The second-order valence-electron chi connectivity index (χ2n) is 4.66. The van der Waals surface area contributed by atoms with Crippen LogP contribution in [0.1, 0.15) is 17.0 Å². The maximum atomic E-state index is 4.37. The van der Waals surface area contributed by atoms with Gasteiger partial charge < -0.3 is 10.2 Å². The highest BCUT2D eigenvalue weighted by atomic mass is 15.1. The molecule has 2 rings (SSSR count). The maximum absolute atomic E-state index is 4.37. The molecule has 2 aromatic rings. The minimum Gasteiger partial charge on any atom is -0.368 e. The fraction of sp³-hybridized carbons (Fsp3) is 0.333. The van der Waals surface area contributed by atoms with Gasteiger partial charge in [0, 0.05) is 42.9 Å². The van der Waals surface area contributed by atoms with Crippen LogP contribution in [0.15, 0.2) is 36.7 Å². The Labute approximate surface area is 114 Å². The van der Waals surface area contributed by atoms with Crippen molar-refractivity contribution in [2.75, 3.05) is 19.0 Å². The van der Waals surface area contributed by atoms with Crippen LogP contribution in [0.5, 0.6) is 0 Å². The number of anilines is 1. The van der Waals surface area contributed by atoms with Crippen molar-refractivity contribution >= 4 is 5.69 Å². The molecule has 0 spiro atoms.